The quantitative estimate of drug-likeness (QED) is 0.504. The van der Waals surface area contributed by atoms with E-state index in [4.69, 9.17) is 9.47 Å². The molecule has 0 heterocycles. The molecule has 2 atom stereocenters. The third-order valence-corrected chi connectivity index (χ3v) is 4.82. The Balaban J connectivity index is 2.12. The van der Waals surface area contributed by atoms with E-state index in [0.29, 0.717) is 6.42 Å². The van der Waals surface area contributed by atoms with Gasteiger partial charge in [0.2, 0.25) is 5.91 Å². The van der Waals surface area contributed by atoms with Crippen LogP contribution in [0.15, 0.2) is 60.7 Å². The van der Waals surface area contributed by atoms with Crippen LogP contribution in [0.3, 0.4) is 0 Å². The van der Waals surface area contributed by atoms with Gasteiger partial charge < -0.3 is 20.1 Å². The number of ether oxygens (including phenoxy) is 2. The maximum absolute atomic E-state index is 13.2. The van der Waals surface area contributed by atoms with Crippen molar-refractivity contribution in [3.8, 4) is 0 Å². The summed E-state index contributed by atoms with van der Waals surface area (Å²) in [6.45, 7) is 9.29. The molecular weight excluding hydrogens is 432 g/mol. The average Bonchev–Trinajstić information content (AvgIpc) is 2.76. The Labute approximate surface area is 202 Å². The fraction of sp³-hybridized carbons (Fsp3) is 0.444. The zero-order chi connectivity index (χ0) is 25.1. The molecule has 0 bridgehead atoms. The van der Waals surface area contributed by atoms with Gasteiger partial charge in [-0.25, -0.2) is 9.59 Å². The van der Waals surface area contributed by atoms with Crippen molar-refractivity contribution in [3.63, 3.8) is 0 Å². The molecule has 0 radical (unpaired) electrons. The summed E-state index contributed by atoms with van der Waals surface area (Å²) < 4.78 is 10.8. The molecule has 0 saturated carbocycles. The standard InChI is InChI=1S/C27H36N2O5/c1-19(2)16-23(25(31)33-18-21-14-10-7-11-15-21)28-24(30)22(17-20-12-8-6-9-13-20)29-26(32)34-27(3,4)5/h6-15,19,22-23H,16-18H2,1-5H3,(H,28,30)(H,29,32). The van der Waals surface area contributed by atoms with E-state index in [2.05, 4.69) is 10.6 Å². The molecule has 2 N–H and O–H groups in total. The Kier molecular flexibility index (Phi) is 10.1. The van der Waals surface area contributed by atoms with Crippen molar-refractivity contribution in [2.24, 2.45) is 5.92 Å². The molecule has 34 heavy (non-hydrogen) atoms. The minimum absolute atomic E-state index is 0.119. The van der Waals surface area contributed by atoms with Crippen LogP contribution in [-0.2, 0) is 32.1 Å². The summed E-state index contributed by atoms with van der Waals surface area (Å²) in [5.41, 5.74) is 1.02. The Morgan fingerprint density at radius 1 is 0.824 bits per heavy atom. The predicted molar refractivity (Wildman–Crippen MR) is 131 cm³/mol. The number of hydrogen-bond acceptors (Lipinski definition) is 5. The van der Waals surface area contributed by atoms with E-state index >= 15 is 0 Å². The molecular formula is C27H36N2O5. The molecule has 2 aromatic rings. The Hall–Kier alpha value is -3.35. The van der Waals surface area contributed by atoms with Gasteiger partial charge >= 0.3 is 12.1 Å². The molecule has 184 valence electrons. The predicted octanol–water partition coefficient (Wildman–Crippen LogP) is 4.40. The van der Waals surface area contributed by atoms with E-state index < -0.39 is 35.7 Å². The third kappa shape index (κ3) is 10.1. The summed E-state index contributed by atoms with van der Waals surface area (Å²) in [5, 5.41) is 5.44. The summed E-state index contributed by atoms with van der Waals surface area (Å²) in [4.78, 5) is 38.5. The second-order valence-electron chi connectivity index (χ2n) is 9.67. The minimum atomic E-state index is -0.922. The number of rotatable bonds is 10. The third-order valence-electron chi connectivity index (χ3n) is 4.82. The number of amides is 2. The van der Waals surface area contributed by atoms with Crippen molar-refractivity contribution in [1.82, 2.24) is 10.6 Å². The molecule has 2 amide bonds. The number of carbonyl (C=O) groups is 3. The van der Waals surface area contributed by atoms with Crippen LogP contribution in [0.5, 0.6) is 0 Å². The van der Waals surface area contributed by atoms with E-state index in [1.165, 1.54) is 0 Å². The molecule has 0 spiro atoms. The van der Waals surface area contributed by atoms with Gasteiger partial charge in [-0.15, -0.1) is 0 Å². The van der Waals surface area contributed by atoms with Gasteiger partial charge in [0, 0.05) is 6.42 Å². The molecule has 0 aliphatic carbocycles. The van der Waals surface area contributed by atoms with Crippen LogP contribution in [0.2, 0.25) is 0 Å². The maximum Gasteiger partial charge on any atom is 0.408 e. The summed E-state index contributed by atoms with van der Waals surface area (Å²) in [7, 11) is 0. The fourth-order valence-corrected chi connectivity index (χ4v) is 3.30. The number of benzene rings is 2. The van der Waals surface area contributed by atoms with Crippen molar-refractivity contribution in [2.45, 2.75) is 71.8 Å². The van der Waals surface area contributed by atoms with Crippen LogP contribution >= 0.6 is 0 Å². The maximum atomic E-state index is 13.2. The van der Waals surface area contributed by atoms with Gasteiger partial charge in [0.25, 0.3) is 0 Å². The Bertz CT molecular complexity index is 923. The molecule has 7 heteroatoms. The zero-order valence-corrected chi connectivity index (χ0v) is 20.7. The topological polar surface area (TPSA) is 93.7 Å². The van der Waals surface area contributed by atoms with Crippen LogP contribution in [0, 0.1) is 5.92 Å². The summed E-state index contributed by atoms with van der Waals surface area (Å²) in [5.74, 6) is -0.848. The van der Waals surface area contributed by atoms with Gasteiger partial charge in [-0.05, 0) is 44.2 Å². The lowest BCUT2D eigenvalue weighted by atomic mass is 10.0. The second-order valence-corrected chi connectivity index (χ2v) is 9.67. The number of carbonyl (C=O) groups excluding carboxylic acids is 3. The van der Waals surface area contributed by atoms with Crippen molar-refractivity contribution in [2.75, 3.05) is 0 Å². The first-order valence-electron chi connectivity index (χ1n) is 11.6. The van der Waals surface area contributed by atoms with E-state index in [9.17, 15) is 14.4 Å². The van der Waals surface area contributed by atoms with Crippen molar-refractivity contribution >= 4 is 18.0 Å². The van der Waals surface area contributed by atoms with Gasteiger partial charge in [0.1, 0.15) is 24.3 Å². The van der Waals surface area contributed by atoms with Crippen molar-refractivity contribution in [3.05, 3.63) is 71.8 Å². The number of nitrogens with one attached hydrogen (secondary N) is 2. The molecule has 0 aliphatic heterocycles. The molecule has 2 rings (SSSR count). The van der Waals surface area contributed by atoms with E-state index in [1.54, 1.807) is 20.8 Å². The highest BCUT2D eigenvalue weighted by Crippen LogP contribution is 2.12. The molecule has 0 saturated heterocycles. The fourth-order valence-electron chi connectivity index (χ4n) is 3.30. The minimum Gasteiger partial charge on any atom is -0.459 e. The van der Waals surface area contributed by atoms with Crippen molar-refractivity contribution in [1.29, 1.82) is 0 Å². The molecule has 2 aromatic carbocycles. The first kappa shape index (κ1) is 26.9. The zero-order valence-electron chi connectivity index (χ0n) is 20.7. The van der Waals surface area contributed by atoms with Gasteiger partial charge in [0.15, 0.2) is 0 Å². The smallest absolute Gasteiger partial charge is 0.408 e. The first-order valence-corrected chi connectivity index (χ1v) is 11.6. The van der Waals surface area contributed by atoms with E-state index in [1.807, 2.05) is 74.5 Å². The summed E-state index contributed by atoms with van der Waals surface area (Å²) in [6, 6.07) is 16.9. The molecule has 7 nitrogen and oxygen atoms in total. The monoisotopic (exact) mass is 468 g/mol. The summed E-state index contributed by atoms with van der Waals surface area (Å²) >= 11 is 0. The van der Waals surface area contributed by atoms with Crippen molar-refractivity contribution < 1.29 is 23.9 Å². The van der Waals surface area contributed by atoms with Gasteiger partial charge in [-0.3, -0.25) is 4.79 Å². The second kappa shape index (κ2) is 12.8. The molecule has 0 fully saturated rings. The molecule has 0 aliphatic rings. The highest BCUT2D eigenvalue weighted by molar-refractivity contribution is 5.90. The van der Waals surface area contributed by atoms with Gasteiger partial charge in [-0.1, -0.05) is 74.5 Å². The lowest BCUT2D eigenvalue weighted by Gasteiger charge is -2.25. The number of hydrogen-bond donors (Lipinski definition) is 2. The SMILES string of the molecule is CC(C)CC(NC(=O)C(Cc1ccccc1)NC(=O)OC(C)(C)C)C(=O)OCc1ccccc1. The molecule has 0 aromatic heterocycles. The van der Waals surface area contributed by atoms with Crippen LogP contribution in [-0.4, -0.2) is 35.7 Å². The normalized spacial score (nSPS) is 13.0. The first-order chi connectivity index (χ1) is 16.0. The highest BCUT2D eigenvalue weighted by Gasteiger charge is 2.29. The van der Waals surface area contributed by atoms with Crippen LogP contribution in [0.1, 0.15) is 52.2 Å². The number of alkyl carbamates (subject to hydrolysis) is 1. The Morgan fingerprint density at radius 2 is 1.38 bits per heavy atom. The average molecular weight is 469 g/mol. The van der Waals surface area contributed by atoms with E-state index in [-0.39, 0.29) is 18.9 Å². The number of esters is 1. The van der Waals surface area contributed by atoms with Crippen LogP contribution in [0.25, 0.3) is 0 Å². The van der Waals surface area contributed by atoms with Crippen LogP contribution < -0.4 is 10.6 Å². The largest absolute Gasteiger partial charge is 0.459 e. The molecule has 2 unspecified atom stereocenters. The lowest BCUT2D eigenvalue weighted by molar-refractivity contribution is -0.149. The lowest BCUT2D eigenvalue weighted by Crippen LogP contribution is -2.53. The van der Waals surface area contributed by atoms with Crippen LogP contribution in [0.4, 0.5) is 4.79 Å². The van der Waals surface area contributed by atoms with Gasteiger partial charge in [0.05, 0.1) is 0 Å². The summed E-state index contributed by atoms with van der Waals surface area (Å²) in [6.07, 6.45) is -0.0425. The van der Waals surface area contributed by atoms with E-state index in [0.717, 1.165) is 11.1 Å². The Morgan fingerprint density at radius 3 is 1.91 bits per heavy atom. The van der Waals surface area contributed by atoms with Gasteiger partial charge in [-0.2, -0.15) is 0 Å². The highest BCUT2D eigenvalue weighted by atomic mass is 16.6.